The molecule has 4 nitrogen and oxygen atoms in total. The Morgan fingerprint density at radius 3 is 2.41 bits per heavy atom. The minimum Gasteiger partial charge on any atom is -0.376 e. The molecule has 0 fully saturated rings. The van der Waals surface area contributed by atoms with Gasteiger partial charge in [-0.15, -0.1) is 0 Å². The Bertz CT molecular complexity index is 797. The Hall–Kier alpha value is -2.37. The first kappa shape index (κ1) is 14.6. The summed E-state index contributed by atoms with van der Waals surface area (Å²) in [7, 11) is 0. The molecule has 0 aliphatic carbocycles. The molecule has 6 heteroatoms. The van der Waals surface area contributed by atoms with E-state index in [1.54, 1.807) is 4.68 Å². The average Bonchev–Trinajstić information content (AvgIpc) is 2.92. The van der Waals surface area contributed by atoms with Crippen LogP contribution in [0.15, 0.2) is 60.7 Å². The summed E-state index contributed by atoms with van der Waals surface area (Å²) in [6.07, 6.45) is 0. The predicted molar refractivity (Wildman–Crippen MR) is 94.4 cm³/mol. The van der Waals surface area contributed by atoms with Crippen molar-refractivity contribution in [2.24, 2.45) is 5.73 Å². The topological polar surface area (TPSA) is 55.9 Å². The fourth-order valence-electron chi connectivity index (χ4n) is 2.12. The molecule has 2 aromatic carbocycles. The number of anilines is 1. The van der Waals surface area contributed by atoms with Gasteiger partial charge >= 0.3 is 0 Å². The average molecular weight is 329 g/mol. The Balaban J connectivity index is 2.08. The molecule has 0 spiro atoms. The van der Waals surface area contributed by atoms with Gasteiger partial charge in [0.05, 0.1) is 11.4 Å². The molecule has 3 N–H and O–H groups in total. The van der Waals surface area contributed by atoms with Gasteiger partial charge in [-0.05, 0) is 36.5 Å². The van der Waals surface area contributed by atoms with Crippen molar-refractivity contribution < 1.29 is 0 Å². The van der Waals surface area contributed by atoms with Crippen LogP contribution in [0.1, 0.15) is 0 Å². The van der Waals surface area contributed by atoms with Gasteiger partial charge in [-0.25, -0.2) is 4.68 Å². The molecule has 0 saturated carbocycles. The van der Waals surface area contributed by atoms with Gasteiger partial charge in [-0.1, -0.05) is 41.9 Å². The molecule has 1 aromatic heterocycles. The maximum Gasteiger partial charge on any atom is 0.169 e. The number of thiocarbonyl (C=S) groups is 1. The maximum atomic E-state index is 5.93. The van der Waals surface area contributed by atoms with E-state index in [4.69, 9.17) is 29.6 Å². The van der Waals surface area contributed by atoms with Crippen LogP contribution in [0.25, 0.3) is 16.9 Å². The van der Waals surface area contributed by atoms with Crippen LogP contribution in [0.5, 0.6) is 0 Å². The minimum absolute atomic E-state index is 0.194. The van der Waals surface area contributed by atoms with Crippen LogP contribution in [0.3, 0.4) is 0 Å². The number of aromatic nitrogens is 2. The first-order chi connectivity index (χ1) is 10.6. The van der Waals surface area contributed by atoms with Crippen molar-refractivity contribution in [2.45, 2.75) is 0 Å². The van der Waals surface area contributed by atoms with Crippen LogP contribution in [0, 0.1) is 0 Å². The maximum absolute atomic E-state index is 5.93. The molecule has 3 rings (SSSR count). The van der Waals surface area contributed by atoms with Crippen molar-refractivity contribution in [1.29, 1.82) is 0 Å². The van der Waals surface area contributed by atoms with Crippen molar-refractivity contribution >= 4 is 34.7 Å². The lowest BCUT2D eigenvalue weighted by atomic mass is 10.1. The van der Waals surface area contributed by atoms with Gasteiger partial charge in [-0.3, -0.25) is 0 Å². The number of hydrogen-bond donors (Lipinski definition) is 2. The second-order valence-electron chi connectivity index (χ2n) is 4.66. The number of para-hydroxylation sites is 1. The largest absolute Gasteiger partial charge is 0.376 e. The van der Waals surface area contributed by atoms with Crippen LogP contribution in [0.4, 0.5) is 5.82 Å². The highest BCUT2D eigenvalue weighted by Gasteiger charge is 2.11. The van der Waals surface area contributed by atoms with Gasteiger partial charge < -0.3 is 11.1 Å². The van der Waals surface area contributed by atoms with E-state index >= 15 is 0 Å². The lowest BCUT2D eigenvalue weighted by Crippen LogP contribution is -2.20. The molecule has 22 heavy (non-hydrogen) atoms. The summed E-state index contributed by atoms with van der Waals surface area (Å²) in [5.41, 5.74) is 8.29. The van der Waals surface area contributed by atoms with E-state index in [1.165, 1.54) is 0 Å². The van der Waals surface area contributed by atoms with Crippen molar-refractivity contribution in [2.75, 3.05) is 5.32 Å². The number of nitrogens with zero attached hydrogens (tertiary/aromatic N) is 2. The molecule has 0 unspecified atom stereocenters. The zero-order chi connectivity index (χ0) is 15.5. The number of rotatable bonds is 3. The van der Waals surface area contributed by atoms with Crippen LogP contribution in [-0.4, -0.2) is 14.9 Å². The van der Waals surface area contributed by atoms with Gasteiger partial charge in [0.2, 0.25) is 0 Å². The van der Waals surface area contributed by atoms with E-state index in [1.807, 2.05) is 60.7 Å². The molecule has 0 aliphatic heterocycles. The van der Waals surface area contributed by atoms with Crippen molar-refractivity contribution in [3.05, 3.63) is 65.7 Å². The van der Waals surface area contributed by atoms with Crippen LogP contribution in [0.2, 0.25) is 5.02 Å². The standard InChI is InChI=1S/C16H13ClN4S/c17-12-8-6-11(7-9-12)14-10-15(19-16(18)22)21(20-14)13-4-2-1-3-5-13/h1-10H,(H3,18,19,22). The SMILES string of the molecule is NC(=S)Nc1cc(-c2ccc(Cl)cc2)nn1-c1ccccc1. The number of halogens is 1. The number of nitrogens with one attached hydrogen (secondary N) is 1. The summed E-state index contributed by atoms with van der Waals surface area (Å²) in [6.45, 7) is 0. The second-order valence-corrected chi connectivity index (χ2v) is 5.53. The van der Waals surface area contributed by atoms with E-state index < -0.39 is 0 Å². The highest BCUT2D eigenvalue weighted by Crippen LogP contribution is 2.25. The van der Waals surface area contributed by atoms with E-state index in [2.05, 4.69) is 10.4 Å². The molecule has 0 radical (unpaired) electrons. The molecule has 3 aromatic rings. The van der Waals surface area contributed by atoms with Gasteiger partial charge in [0.1, 0.15) is 5.82 Å². The second kappa shape index (κ2) is 6.17. The zero-order valence-corrected chi connectivity index (χ0v) is 13.1. The van der Waals surface area contributed by atoms with Crippen molar-refractivity contribution in [3.8, 4) is 16.9 Å². The third-order valence-corrected chi connectivity index (χ3v) is 3.46. The molecule has 0 amide bonds. The quantitative estimate of drug-likeness (QED) is 0.717. The van der Waals surface area contributed by atoms with Crippen LogP contribution >= 0.6 is 23.8 Å². The highest BCUT2D eigenvalue weighted by molar-refractivity contribution is 7.80. The minimum atomic E-state index is 0.194. The molecule has 0 atom stereocenters. The third-order valence-electron chi connectivity index (χ3n) is 3.10. The molecular formula is C16H13ClN4S. The molecule has 0 bridgehead atoms. The summed E-state index contributed by atoms with van der Waals surface area (Å²) in [6, 6.07) is 19.2. The summed E-state index contributed by atoms with van der Waals surface area (Å²) < 4.78 is 1.77. The van der Waals surface area contributed by atoms with Gasteiger partial charge in [0.15, 0.2) is 5.11 Å². The Morgan fingerprint density at radius 2 is 1.77 bits per heavy atom. The monoisotopic (exact) mass is 328 g/mol. The molecule has 0 aliphatic rings. The van der Waals surface area contributed by atoms with Crippen LogP contribution in [-0.2, 0) is 0 Å². The first-order valence-corrected chi connectivity index (χ1v) is 7.40. The summed E-state index contributed by atoms with van der Waals surface area (Å²) in [5.74, 6) is 0.712. The van der Waals surface area contributed by atoms with E-state index in [-0.39, 0.29) is 5.11 Å². The number of hydrogen-bond acceptors (Lipinski definition) is 2. The number of nitrogens with two attached hydrogens (primary N) is 1. The fraction of sp³-hybridized carbons (Fsp3) is 0. The number of benzene rings is 2. The van der Waals surface area contributed by atoms with Crippen molar-refractivity contribution in [3.63, 3.8) is 0 Å². The van der Waals surface area contributed by atoms with Gasteiger partial charge in [0, 0.05) is 16.7 Å². The summed E-state index contributed by atoms with van der Waals surface area (Å²) in [4.78, 5) is 0. The fourth-order valence-corrected chi connectivity index (χ4v) is 2.35. The van der Waals surface area contributed by atoms with Gasteiger partial charge in [0.25, 0.3) is 0 Å². The summed E-state index contributed by atoms with van der Waals surface area (Å²) >= 11 is 10.9. The third kappa shape index (κ3) is 3.10. The van der Waals surface area contributed by atoms with E-state index in [9.17, 15) is 0 Å². The normalized spacial score (nSPS) is 10.4. The first-order valence-electron chi connectivity index (χ1n) is 6.61. The van der Waals surface area contributed by atoms with Crippen molar-refractivity contribution in [1.82, 2.24) is 9.78 Å². The van der Waals surface area contributed by atoms with Gasteiger partial charge in [-0.2, -0.15) is 5.10 Å². The molecule has 110 valence electrons. The smallest absolute Gasteiger partial charge is 0.169 e. The summed E-state index contributed by atoms with van der Waals surface area (Å²) in [5, 5.41) is 8.47. The zero-order valence-electron chi connectivity index (χ0n) is 11.5. The lowest BCUT2D eigenvalue weighted by Gasteiger charge is -2.07. The molecular weight excluding hydrogens is 316 g/mol. The Labute approximate surface area is 138 Å². The van der Waals surface area contributed by atoms with E-state index in [0.717, 1.165) is 16.9 Å². The van der Waals surface area contributed by atoms with E-state index in [0.29, 0.717) is 10.8 Å². The predicted octanol–water partition coefficient (Wildman–Crippen LogP) is 3.85. The Morgan fingerprint density at radius 1 is 1.09 bits per heavy atom. The molecule has 0 saturated heterocycles. The lowest BCUT2D eigenvalue weighted by molar-refractivity contribution is 0.893. The van der Waals surface area contributed by atoms with Crippen LogP contribution < -0.4 is 11.1 Å². The highest BCUT2D eigenvalue weighted by atomic mass is 35.5. The Kier molecular flexibility index (Phi) is 4.09. The molecule has 1 heterocycles.